The first-order chi connectivity index (χ1) is 17.9. The molecule has 0 fully saturated rings. The van der Waals surface area contributed by atoms with E-state index >= 15 is 0 Å². The Morgan fingerprint density at radius 2 is 0.718 bits per heavy atom. The highest BCUT2D eigenvalue weighted by Gasteiger charge is 2.27. The van der Waals surface area contributed by atoms with E-state index in [9.17, 15) is 38.4 Å². The van der Waals surface area contributed by atoms with Crippen LogP contribution in [-0.4, -0.2) is 99.9 Å². The molecule has 0 aliphatic heterocycles. The van der Waals surface area contributed by atoms with Gasteiger partial charge < -0.3 is 47.8 Å². The number of carboxylic acids is 2. The second-order valence-corrected chi connectivity index (χ2v) is 8.92. The van der Waals surface area contributed by atoms with E-state index < -0.39 is 96.1 Å². The van der Waals surface area contributed by atoms with Crippen LogP contribution in [0.15, 0.2) is 0 Å². The molecule has 0 bridgehead atoms. The van der Waals surface area contributed by atoms with E-state index in [1.54, 1.807) is 0 Å². The largest absolute Gasteiger partial charge is 0.481 e. The average Bonchev–Trinajstić information content (AvgIpc) is 2.82. The molecule has 17 nitrogen and oxygen atoms in total. The first-order valence-corrected chi connectivity index (χ1v) is 11.9. The molecule has 7 atom stereocenters. The predicted molar refractivity (Wildman–Crippen MR) is 133 cm³/mol. The molecule has 0 radical (unpaired) electrons. The first kappa shape index (κ1) is 34.7. The van der Waals surface area contributed by atoms with Crippen molar-refractivity contribution in [1.29, 1.82) is 0 Å². The Morgan fingerprint density at radius 3 is 0.949 bits per heavy atom. The number of amides is 6. The molecule has 0 unspecified atom stereocenters. The first-order valence-electron chi connectivity index (χ1n) is 11.9. The van der Waals surface area contributed by atoms with Crippen molar-refractivity contribution in [3.05, 3.63) is 0 Å². The molecular formula is C22H37N7O10. The zero-order valence-electron chi connectivity index (χ0n) is 22.5. The highest BCUT2D eigenvalue weighted by atomic mass is 16.4. The molecule has 39 heavy (non-hydrogen) atoms. The van der Waals surface area contributed by atoms with Gasteiger partial charge in [0.2, 0.25) is 35.4 Å². The van der Waals surface area contributed by atoms with E-state index in [4.69, 9.17) is 15.9 Å². The Morgan fingerprint density at radius 1 is 0.487 bits per heavy atom. The van der Waals surface area contributed by atoms with E-state index in [-0.39, 0.29) is 0 Å². The molecule has 0 saturated heterocycles. The SMILES string of the molecule is C[C@H](NC(=O)[C@H](C)NC(=O)[C@H](C)NC(=O)[C@H](C)NC(=O)[C@H](C)NC(=O)[C@H](C)NC(=O)[C@@H](N)CC(=O)O)C(=O)O. The Labute approximate surface area is 224 Å². The number of carbonyl (C=O) groups is 8. The van der Waals surface area contributed by atoms with E-state index in [2.05, 4.69) is 31.9 Å². The van der Waals surface area contributed by atoms with Crippen LogP contribution < -0.4 is 37.6 Å². The number of hydrogen-bond acceptors (Lipinski definition) is 9. The minimum atomic E-state index is -1.37. The minimum absolute atomic E-state index is 0.639. The fourth-order valence-corrected chi connectivity index (χ4v) is 2.68. The van der Waals surface area contributed by atoms with Gasteiger partial charge >= 0.3 is 11.9 Å². The van der Waals surface area contributed by atoms with Gasteiger partial charge in [0.25, 0.3) is 0 Å². The fourth-order valence-electron chi connectivity index (χ4n) is 2.68. The van der Waals surface area contributed by atoms with Crippen molar-refractivity contribution in [1.82, 2.24) is 31.9 Å². The highest BCUT2D eigenvalue weighted by molar-refractivity contribution is 5.96. The van der Waals surface area contributed by atoms with E-state index in [0.717, 1.165) is 0 Å². The summed E-state index contributed by atoms with van der Waals surface area (Å²) >= 11 is 0. The van der Waals surface area contributed by atoms with Crippen molar-refractivity contribution in [2.24, 2.45) is 5.73 Å². The maximum atomic E-state index is 12.4. The summed E-state index contributed by atoms with van der Waals surface area (Å²) in [5.74, 6) is -7.20. The average molecular weight is 560 g/mol. The highest BCUT2D eigenvalue weighted by Crippen LogP contribution is 1.95. The van der Waals surface area contributed by atoms with Crippen molar-refractivity contribution in [3.8, 4) is 0 Å². The van der Waals surface area contributed by atoms with Gasteiger partial charge in [-0.1, -0.05) is 0 Å². The molecule has 0 heterocycles. The topological polar surface area (TPSA) is 275 Å². The summed E-state index contributed by atoms with van der Waals surface area (Å²) in [4.78, 5) is 94.7. The smallest absolute Gasteiger partial charge is 0.325 e. The van der Waals surface area contributed by atoms with Crippen molar-refractivity contribution < 1.29 is 48.6 Å². The van der Waals surface area contributed by atoms with Crippen LogP contribution >= 0.6 is 0 Å². The number of rotatable bonds is 15. The molecule has 0 aromatic carbocycles. The van der Waals surface area contributed by atoms with E-state index in [1.807, 2.05) is 0 Å². The van der Waals surface area contributed by atoms with Gasteiger partial charge in [0.1, 0.15) is 36.3 Å². The number of nitrogens with one attached hydrogen (secondary N) is 6. The maximum Gasteiger partial charge on any atom is 0.325 e. The number of hydrogen-bond donors (Lipinski definition) is 9. The second-order valence-electron chi connectivity index (χ2n) is 8.92. The molecule has 10 N–H and O–H groups in total. The Kier molecular flexibility index (Phi) is 14.1. The number of carbonyl (C=O) groups excluding carboxylic acids is 6. The third-order valence-electron chi connectivity index (χ3n) is 5.22. The van der Waals surface area contributed by atoms with Crippen LogP contribution in [0.1, 0.15) is 48.0 Å². The molecule has 0 saturated carbocycles. The van der Waals surface area contributed by atoms with Crippen LogP contribution in [0.25, 0.3) is 0 Å². The van der Waals surface area contributed by atoms with Gasteiger partial charge in [-0.15, -0.1) is 0 Å². The summed E-state index contributed by atoms with van der Waals surface area (Å²) in [6, 6.07) is -8.20. The number of carboxylic acid groups (broad SMARTS) is 2. The summed E-state index contributed by atoms with van der Waals surface area (Å²) in [5.41, 5.74) is 5.43. The van der Waals surface area contributed by atoms with E-state index in [0.29, 0.717) is 0 Å². The lowest BCUT2D eigenvalue weighted by Crippen LogP contribution is -2.57. The standard InChI is InChI=1S/C22H37N7O10/c1-8(16(32)25-9(2)18(34)27-11(4)20(36)29-13(6)22(38)39)24-17(33)10(3)26-19(35)12(5)28-21(37)14(23)7-15(30)31/h8-14H,7,23H2,1-6H3,(H,24,33)(H,25,32)(H,26,35)(H,27,34)(H,28,37)(H,29,36)(H,30,31)(H,38,39)/t8-,9-,10-,11-,12-,13-,14-/m0/s1. The molecule has 0 aromatic rings. The van der Waals surface area contributed by atoms with Crippen LogP contribution in [-0.2, 0) is 38.4 Å². The Hall–Kier alpha value is -4.28. The zero-order chi connectivity index (χ0) is 30.6. The minimum Gasteiger partial charge on any atom is -0.481 e. The van der Waals surface area contributed by atoms with Crippen LogP contribution in [0.4, 0.5) is 0 Å². The third-order valence-corrected chi connectivity index (χ3v) is 5.22. The van der Waals surface area contributed by atoms with Crippen molar-refractivity contribution in [2.45, 2.75) is 90.3 Å². The second kappa shape index (κ2) is 15.9. The van der Waals surface area contributed by atoms with Crippen LogP contribution in [0.2, 0.25) is 0 Å². The number of aliphatic carboxylic acids is 2. The maximum absolute atomic E-state index is 12.4. The molecule has 0 aliphatic carbocycles. The van der Waals surface area contributed by atoms with Crippen molar-refractivity contribution in [3.63, 3.8) is 0 Å². The van der Waals surface area contributed by atoms with Gasteiger partial charge in [0.05, 0.1) is 12.5 Å². The lowest BCUT2D eigenvalue weighted by atomic mass is 10.2. The lowest BCUT2D eigenvalue weighted by molar-refractivity contribution is -0.141. The van der Waals surface area contributed by atoms with Gasteiger partial charge in [-0.3, -0.25) is 38.4 Å². The zero-order valence-corrected chi connectivity index (χ0v) is 22.5. The molecule has 0 aromatic heterocycles. The summed E-state index contributed by atoms with van der Waals surface area (Å²) < 4.78 is 0. The van der Waals surface area contributed by atoms with Gasteiger partial charge in [-0.25, -0.2) is 0 Å². The van der Waals surface area contributed by atoms with Crippen LogP contribution in [0.3, 0.4) is 0 Å². The summed E-state index contributed by atoms with van der Waals surface area (Å²) in [6.45, 7) is 7.83. The quantitative estimate of drug-likeness (QED) is 0.0929. The predicted octanol–water partition coefficient (Wildman–Crippen LogP) is -4.10. The summed E-state index contributed by atoms with van der Waals surface area (Å²) in [7, 11) is 0. The molecule has 0 aliphatic rings. The normalized spacial score (nSPS) is 16.0. The fraction of sp³-hybridized carbons (Fsp3) is 0.636. The van der Waals surface area contributed by atoms with Crippen molar-refractivity contribution in [2.75, 3.05) is 0 Å². The molecule has 0 spiro atoms. The van der Waals surface area contributed by atoms with Crippen molar-refractivity contribution >= 4 is 47.4 Å². The Bertz CT molecular complexity index is 973. The van der Waals surface area contributed by atoms with E-state index in [1.165, 1.54) is 41.5 Å². The molecule has 220 valence electrons. The molecule has 0 rings (SSSR count). The summed E-state index contributed by atoms with van der Waals surface area (Å²) in [5, 5.41) is 31.3. The molecular weight excluding hydrogens is 522 g/mol. The van der Waals surface area contributed by atoms with Crippen LogP contribution in [0, 0.1) is 0 Å². The molecule has 17 heteroatoms. The van der Waals surface area contributed by atoms with Gasteiger partial charge in [-0.05, 0) is 41.5 Å². The Balaban J connectivity index is 4.74. The number of nitrogens with two attached hydrogens (primary N) is 1. The summed E-state index contributed by atoms with van der Waals surface area (Å²) in [6.07, 6.45) is -0.639. The third kappa shape index (κ3) is 12.7. The van der Waals surface area contributed by atoms with Gasteiger partial charge in [0.15, 0.2) is 0 Å². The van der Waals surface area contributed by atoms with Gasteiger partial charge in [-0.2, -0.15) is 0 Å². The molecule has 6 amide bonds. The lowest BCUT2D eigenvalue weighted by Gasteiger charge is -2.22. The van der Waals surface area contributed by atoms with Gasteiger partial charge in [0, 0.05) is 0 Å². The monoisotopic (exact) mass is 559 g/mol. The van der Waals surface area contributed by atoms with Crippen LogP contribution in [0.5, 0.6) is 0 Å².